The van der Waals surface area contributed by atoms with Crippen LogP contribution in [0.2, 0.25) is 20.1 Å². The monoisotopic (exact) mass is 307 g/mol. The lowest BCUT2D eigenvalue weighted by molar-refractivity contribution is 1.68. The van der Waals surface area contributed by atoms with E-state index in [-0.39, 0.29) is 0 Å². The van der Waals surface area contributed by atoms with Crippen molar-refractivity contribution in [3.05, 3.63) is 26.2 Å². The highest BCUT2D eigenvalue weighted by Crippen LogP contribution is 2.41. The first-order valence-electron chi connectivity index (χ1n) is 2.77. The molecule has 66 valence electrons. The van der Waals surface area contributed by atoms with Crippen LogP contribution in [0.25, 0.3) is 0 Å². The highest BCUT2D eigenvalue weighted by molar-refractivity contribution is 9.10. The third-order valence-corrected chi connectivity index (χ3v) is 3.18. The third kappa shape index (κ3) is 1.94. The molecule has 0 atom stereocenters. The van der Waals surface area contributed by atoms with Crippen LogP contribution in [0.3, 0.4) is 0 Å². The van der Waals surface area contributed by atoms with E-state index in [1.807, 2.05) is 0 Å². The first kappa shape index (κ1) is 10.7. The molecule has 0 saturated carbocycles. The van der Waals surface area contributed by atoms with E-state index in [4.69, 9.17) is 46.4 Å². The van der Waals surface area contributed by atoms with Crippen molar-refractivity contribution >= 4 is 68.2 Å². The lowest BCUT2D eigenvalue weighted by Crippen LogP contribution is -1.85. The second kappa shape index (κ2) is 4.25. The van der Waals surface area contributed by atoms with Gasteiger partial charge in [0, 0.05) is 16.1 Å². The highest BCUT2D eigenvalue weighted by atomic mass is 79.9. The molecule has 1 N–H and O–H groups in total. The fourth-order valence-corrected chi connectivity index (χ4v) is 2.18. The topological polar surface area (TPSA) is 12.0 Å². The number of nitrogens with one attached hydrogen (secondary N) is 1. The van der Waals surface area contributed by atoms with E-state index in [9.17, 15) is 0 Å². The van der Waals surface area contributed by atoms with Crippen molar-refractivity contribution in [2.75, 3.05) is 4.34 Å². The van der Waals surface area contributed by atoms with Crippen LogP contribution in [0.15, 0.2) is 6.07 Å². The molecule has 0 aliphatic rings. The number of hydrogen-bond donors (Lipinski definition) is 1. The van der Waals surface area contributed by atoms with E-state index in [1.54, 1.807) is 0 Å². The molecule has 0 unspecified atom stereocenters. The fraction of sp³-hybridized carbons (Fsp3) is 0. The van der Waals surface area contributed by atoms with Gasteiger partial charge in [0.15, 0.2) is 0 Å². The zero-order chi connectivity index (χ0) is 9.30. The van der Waals surface area contributed by atoms with E-state index in [1.165, 1.54) is 6.07 Å². The van der Waals surface area contributed by atoms with Gasteiger partial charge in [-0.1, -0.05) is 46.4 Å². The van der Waals surface area contributed by atoms with Crippen LogP contribution in [0.5, 0.6) is 0 Å². The normalized spacial score (nSPS) is 10.1. The smallest absolute Gasteiger partial charge is 0.0848 e. The minimum absolute atomic E-state index is 0.336. The Morgan fingerprint density at radius 1 is 1.00 bits per heavy atom. The Balaban J connectivity index is 3.42. The van der Waals surface area contributed by atoms with Crippen molar-refractivity contribution in [1.82, 2.24) is 0 Å². The summed E-state index contributed by atoms with van der Waals surface area (Å²) in [7, 11) is 0. The second-order valence-corrected chi connectivity index (χ2v) is 3.90. The molecule has 1 nitrogen and oxygen atoms in total. The van der Waals surface area contributed by atoms with E-state index in [0.29, 0.717) is 25.8 Å². The molecule has 0 spiro atoms. The lowest BCUT2D eigenvalue weighted by Gasteiger charge is -2.07. The van der Waals surface area contributed by atoms with Crippen molar-refractivity contribution in [1.29, 1.82) is 0 Å². The summed E-state index contributed by atoms with van der Waals surface area (Å²) in [4.78, 5) is 0. The van der Waals surface area contributed by atoms with Gasteiger partial charge in [-0.25, -0.2) is 0 Å². The molecule has 0 fully saturated rings. The maximum absolute atomic E-state index is 5.80. The van der Waals surface area contributed by atoms with E-state index in [0.717, 1.165) is 0 Å². The molecule has 1 rings (SSSR count). The van der Waals surface area contributed by atoms with Crippen molar-refractivity contribution in [3.8, 4) is 0 Å². The summed E-state index contributed by atoms with van der Waals surface area (Å²) in [6.07, 6.45) is 0. The molecule has 0 saturated heterocycles. The summed E-state index contributed by atoms with van der Waals surface area (Å²) in [6, 6.07) is 1.49. The van der Waals surface area contributed by atoms with Gasteiger partial charge in [0.2, 0.25) is 0 Å². The molecule has 0 aliphatic carbocycles. The Kier molecular flexibility index (Phi) is 3.80. The molecule has 0 heterocycles. The SMILES string of the molecule is Clc1cc(Cl)c(Cl)c(NBr)c1Cl. The molecule has 0 amide bonds. The lowest BCUT2D eigenvalue weighted by atomic mass is 10.3. The molecule has 1 aromatic carbocycles. The van der Waals surface area contributed by atoms with E-state index in [2.05, 4.69) is 20.5 Å². The average Bonchev–Trinajstić information content (AvgIpc) is 2.02. The van der Waals surface area contributed by atoms with Crippen LogP contribution in [-0.2, 0) is 0 Å². The van der Waals surface area contributed by atoms with Gasteiger partial charge in [0.05, 0.1) is 25.8 Å². The summed E-state index contributed by atoms with van der Waals surface area (Å²) < 4.78 is 2.62. The summed E-state index contributed by atoms with van der Waals surface area (Å²) in [5.41, 5.74) is 0.468. The summed E-state index contributed by atoms with van der Waals surface area (Å²) in [5, 5.41) is 1.38. The van der Waals surface area contributed by atoms with Gasteiger partial charge in [0.1, 0.15) is 0 Å². The Labute approximate surface area is 98.3 Å². The predicted molar refractivity (Wildman–Crippen MR) is 59.0 cm³/mol. The van der Waals surface area contributed by atoms with Gasteiger partial charge in [-0.05, 0) is 6.07 Å². The number of hydrogen-bond acceptors (Lipinski definition) is 1. The maximum atomic E-state index is 5.80. The van der Waals surface area contributed by atoms with Crippen molar-refractivity contribution in [3.63, 3.8) is 0 Å². The van der Waals surface area contributed by atoms with Gasteiger partial charge < -0.3 is 4.34 Å². The zero-order valence-electron chi connectivity index (χ0n) is 5.47. The van der Waals surface area contributed by atoms with Gasteiger partial charge in [-0.15, -0.1) is 0 Å². The zero-order valence-corrected chi connectivity index (χ0v) is 10.1. The van der Waals surface area contributed by atoms with E-state index >= 15 is 0 Å². The third-order valence-electron chi connectivity index (χ3n) is 1.21. The molecular formula is C6H2BrCl4N. The number of benzene rings is 1. The average molecular weight is 310 g/mol. The number of anilines is 1. The first-order valence-corrected chi connectivity index (χ1v) is 5.08. The molecule has 0 radical (unpaired) electrons. The number of halogens is 5. The standard InChI is InChI=1S/C6H2BrCl4N/c7-12-6-4(10)2(8)1-3(9)5(6)11/h1,12H. The summed E-state index contributed by atoms with van der Waals surface area (Å²) in [6.45, 7) is 0. The quantitative estimate of drug-likeness (QED) is 0.567. The highest BCUT2D eigenvalue weighted by Gasteiger charge is 2.12. The number of rotatable bonds is 1. The van der Waals surface area contributed by atoms with Crippen LogP contribution in [0.1, 0.15) is 0 Å². The molecule has 0 aliphatic heterocycles. The maximum Gasteiger partial charge on any atom is 0.0848 e. The Morgan fingerprint density at radius 3 is 1.75 bits per heavy atom. The second-order valence-electron chi connectivity index (χ2n) is 1.94. The van der Waals surface area contributed by atoms with Crippen LogP contribution >= 0.6 is 62.6 Å². The van der Waals surface area contributed by atoms with E-state index < -0.39 is 0 Å². The van der Waals surface area contributed by atoms with Crippen molar-refractivity contribution in [2.45, 2.75) is 0 Å². The van der Waals surface area contributed by atoms with Gasteiger partial charge in [0.25, 0.3) is 0 Å². The minimum Gasteiger partial charge on any atom is -0.320 e. The molecular weight excluding hydrogens is 308 g/mol. The van der Waals surface area contributed by atoms with Crippen molar-refractivity contribution in [2.24, 2.45) is 0 Å². The largest absolute Gasteiger partial charge is 0.320 e. The van der Waals surface area contributed by atoms with Crippen LogP contribution in [-0.4, -0.2) is 0 Å². The van der Waals surface area contributed by atoms with Crippen LogP contribution < -0.4 is 4.34 Å². The Hall–Kier alpha value is 0.660. The molecule has 1 aromatic rings. The molecule has 0 aromatic heterocycles. The van der Waals surface area contributed by atoms with Crippen molar-refractivity contribution < 1.29 is 0 Å². The van der Waals surface area contributed by atoms with Gasteiger partial charge >= 0.3 is 0 Å². The summed E-state index contributed by atoms with van der Waals surface area (Å²) >= 11 is 26.1. The van der Waals surface area contributed by atoms with Gasteiger partial charge in [-0.3, -0.25) is 0 Å². The Bertz CT molecular complexity index is 289. The minimum atomic E-state index is 0.336. The van der Waals surface area contributed by atoms with Crippen LogP contribution in [0.4, 0.5) is 5.69 Å². The molecule has 12 heavy (non-hydrogen) atoms. The fourth-order valence-electron chi connectivity index (χ4n) is 0.656. The molecule has 6 heteroatoms. The van der Waals surface area contributed by atoms with Crippen LogP contribution in [0, 0.1) is 0 Å². The Morgan fingerprint density at radius 2 is 1.42 bits per heavy atom. The van der Waals surface area contributed by atoms with Gasteiger partial charge in [-0.2, -0.15) is 0 Å². The first-order chi connectivity index (χ1) is 5.57. The predicted octanol–water partition coefficient (Wildman–Crippen LogP) is 5.02. The molecule has 0 bridgehead atoms. The summed E-state index contributed by atoms with van der Waals surface area (Å²) in [5.74, 6) is 0.